The number of thiophene rings is 1. The lowest BCUT2D eigenvalue weighted by atomic mass is 9.99. The minimum atomic E-state index is -3.75. The van der Waals surface area contributed by atoms with E-state index in [-0.39, 0.29) is 22.2 Å². The average Bonchev–Trinajstić information content (AvgIpc) is 3.32. The van der Waals surface area contributed by atoms with Crippen molar-refractivity contribution in [2.75, 3.05) is 25.0 Å². The number of aromatic nitrogens is 2. The molecule has 33 heavy (non-hydrogen) atoms. The van der Waals surface area contributed by atoms with E-state index in [1.807, 2.05) is 6.92 Å². The molecule has 1 saturated heterocycles. The summed E-state index contributed by atoms with van der Waals surface area (Å²) in [5, 5.41) is 9.17. The van der Waals surface area contributed by atoms with E-state index in [1.165, 1.54) is 16.4 Å². The normalized spacial score (nSPS) is 16.9. The molecule has 0 saturated carbocycles. The van der Waals surface area contributed by atoms with Gasteiger partial charge in [0.2, 0.25) is 5.91 Å². The first-order valence-electron chi connectivity index (χ1n) is 10.6. The summed E-state index contributed by atoms with van der Waals surface area (Å²) in [4.78, 5) is 24.6. The Hall–Kier alpha value is -3.02. The van der Waals surface area contributed by atoms with Crippen molar-refractivity contribution in [3.8, 4) is 16.3 Å². The molecule has 3 heterocycles. The Morgan fingerprint density at radius 2 is 2.00 bits per heavy atom. The molecule has 1 aliphatic heterocycles. The van der Waals surface area contributed by atoms with Crippen LogP contribution in [0.1, 0.15) is 19.8 Å². The van der Waals surface area contributed by atoms with Crippen LogP contribution in [-0.4, -0.2) is 48.5 Å². The molecule has 0 aliphatic carbocycles. The van der Waals surface area contributed by atoms with Gasteiger partial charge in [-0.25, -0.2) is 13.5 Å². The zero-order valence-corrected chi connectivity index (χ0v) is 19.6. The number of carbonyl (C=O) groups is 1. The number of H-pyrrole nitrogens is 1. The van der Waals surface area contributed by atoms with Gasteiger partial charge >= 0.3 is 0 Å². The van der Waals surface area contributed by atoms with Gasteiger partial charge in [-0.05, 0) is 62.2 Å². The number of nitrogens with zero attached hydrogens (tertiary/aromatic N) is 2. The molecule has 2 N–H and O–H groups in total. The second-order valence-electron chi connectivity index (χ2n) is 7.57. The number of carbonyl (C=O) groups excluding carboxylic acids is 1. The van der Waals surface area contributed by atoms with Gasteiger partial charge in [-0.2, -0.15) is 9.40 Å². The van der Waals surface area contributed by atoms with Crippen LogP contribution >= 0.6 is 11.3 Å². The molecule has 0 spiro atoms. The first kappa shape index (κ1) is 23.1. The zero-order valence-electron chi connectivity index (χ0n) is 18.0. The van der Waals surface area contributed by atoms with Crippen LogP contribution in [0.4, 0.5) is 5.69 Å². The van der Waals surface area contributed by atoms with Crippen molar-refractivity contribution in [1.82, 2.24) is 14.5 Å². The van der Waals surface area contributed by atoms with Gasteiger partial charge in [0.1, 0.15) is 15.7 Å². The maximum absolute atomic E-state index is 13.2. The zero-order chi connectivity index (χ0) is 23.4. The second-order valence-corrected chi connectivity index (χ2v) is 10.8. The lowest BCUT2D eigenvalue weighted by Crippen LogP contribution is -2.43. The molecule has 1 fully saturated rings. The molecule has 0 bridgehead atoms. The monoisotopic (exact) mass is 488 g/mol. The number of ether oxygens (including phenoxy) is 1. The maximum Gasteiger partial charge on any atom is 0.264 e. The Balaban J connectivity index is 1.44. The maximum atomic E-state index is 13.2. The smallest absolute Gasteiger partial charge is 0.264 e. The molecular weight excluding hydrogens is 464 g/mol. The van der Waals surface area contributed by atoms with Crippen LogP contribution in [0.15, 0.2) is 57.5 Å². The molecule has 2 aromatic heterocycles. The van der Waals surface area contributed by atoms with E-state index in [2.05, 4.69) is 15.5 Å². The quantitative estimate of drug-likeness (QED) is 0.527. The molecule has 9 nitrogen and oxygen atoms in total. The Kier molecular flexibility index (Phi) is 6.91. The van der Waals surface area contributed by atoms with Gasteiger partial charge in [0.15, 0.2) is 0 Å². The Morgan fingerprint density at radius 1 is 1.21 bits per heavy atom. The minimum absolute atomic E-state index is 0.120. The highest BCUT2D eigenvalue weighted by molar-refractivity contribution is 7.91. The lowest BCUT2D eigenvalue weighted by Gasteiger charge is -2.30. The third kappa shape index (κ3) is 5.32. The summed E-state index contributed by atoms with van der Waals surface area (Å²) in [6.07, 6.45) is 1.21. The van der Waals surface area contributed by atoms with Crippen LogP contribution in [0.3, 0.4) is 0 Å². The van der Waals surface area contributed by atoms with Crippen molar-refractivity contribution >= 4 is 33.0 Å². The van der Waals surface area contributed by atoms with E-state index >= 15 is 0 Å². The van der Waals surface area contributed by atoms with E-state index in [9.17, 15) is 18.0 Å². The summed E-state index contributed by atoms with van der Waals surface area (Å²) in [6, 6.07) is 13.2. The number of aromatic amines is 1. The van der Waals surface area contributed by atoms with E-state index in [1.54, 1.807) is 36.4 Å². The van der Waals surface area contributed by atoms with Crippen LogP contribution in [0.2, 0.25) is 0 Å². The fraction of sp³-hybridized carbons (Fsp3) is 0.318. The van der Waals surface area contributed by atoms with E-state index < -0.39 is 15.9 Å². The van der Waals surface area contributed by atoms with Crippen LogP contribution in [0.25, 0.3) is 10.6 Å². The van der Waals surface area contributed by atoms with Gasteiger partial charge in [0.05, 0.1) is 17.4 Å². The van der Waals surface area contributed by atoms with Gasteiger partial charge in [-0.1, -0.05) is 0 Å². The van der Waals surface area contributed by atoms with Crippen molar-refractivity contribution in [2.24, 2.45) is 5.92 Å². The average molecular weight is 489 g/mol. The van der Waals surface area contributed by atoms with Crippen LogP contribution < -0.4 is 15.6 Å². The van der Waals surface area contributed by atoms with Crippen molar-refractivity contribution < 1.29 is 17.9 Å². The third-order valence-electron chi connectivity index (χ3n) is 5.29. The molecule has 1 atom stereocenters. The second kappa shape index (κ2) is 9.86. The number of hydrogen-bond donors (Lipinski definition) is 2. The largest absolute Gasteiger partial charge is 0.494 e. The summed E-state index contributed by atoms with van der Waals surface area (Å²) in [5.41, 5.74) is 0.804. The van der Waals surface area contributed by atoms with Gasteiger partial charge in [-0.15, -0.1) is 11.3 Å². The number of nitrogens with one attached hydrogen (secondary N) is 2. The molecule has 1 amide bonds. The fourth-order valence-electron chi connectivity index (χ4n) is 3.63. The van der Waals surface area contributed by atoms with E-state index in [4.69, 9.17) is 4.74 Å². The summed E-state index contributed by atoms with van der Waals surface area (Å²) in [7, 11) is -3.75. The number of hydrogen-bond acceptors (Lipinski definition) is 7. The van der Waals surface area contributed by atoms with Gasteiger partial charge in [0.25, 0.3) is 15.6 Å². The van der Waals surface area contributed by atoms with Crippen molar-refractivity contribution in [2.45, 2.75) is 24.0 Å². The molecule has 1 aromatic carbocycles. The summed E-state index contributed by atoms with van der Waals surface area (Å²) < 4.78 is 33.4. The van der Waals surface area contributed by atoms with E-state index in [0.29, 0.717) is 42.3 Å². The third-order valence-corrected chi connectivity index (χ3v) is 8.74. The molecule has 4 rings (SSSR count). The van der Waals surface area contributed by atoms with Gasteiger partial charge in [0, 0.05) is 24.8 Å². The van der Waals surface area contributed by atoms with Crippen LogP contribution in [0, 0.1) is 5.92 Å². The highest BCUT2D eigenvalue weighted by Gasteiger charge is 2.34. The number of anilines is 1. The summed E-state index contributed by atoms with van der Waals surface area (Å²) >= 11 is 1.08. The number of sulfonamides is 1. The number of benzene rings is 1. The van der Waals surface area contributed by atoms with Gasteiger partial charge < -0.3 is 10.1 Å². The standard InChI is InChI=1S/C22H24N4O5S2/c1-2-31-17-7-5-16(6-8-17)23-22(28)15-4-3-13-26(14-15)33(29,30)21-12-10-19(32-21)18-9-11-20(27)25-24-18/h5-12,15H,2-4,13-14H2,1H3,(H,23,28)(H,25,27). The van der Waals surface area contributed by atoms with Crippen molar-refractivity contribution in [1.29, 1.82) is 0 Å². The molecule has 1 aliphatic rings. The lowest BCUT2D eigenvalue weighted by molar-refractivity contribution is -0.120. The first-order valence-corrected chi connectivity index (χ1v) is 12.8. The van der Waals surface area contributed by atoms with Crippen molar-refractivity contribution in [3.05, 3.63) is 58.9 Å². The number of amides is 1. The molecule has 174 valence electrons. The Labute approximate surface area is 195 Å². The van der Waals surface area contributed by atoms with Crippen LogP contribution in [-0.2, 0) is 14.8 Å². The molecule has 1 unspecified atom stereocenters. The summed E-state index contributed by atoms with van der Waals surface area (Å²) in [6.45, 7) is 2.94. The molecular formula is C22H24N4O5S2. The molecule has 0 radical (unpaired) electrons. The Morgan fingerprint density at radius 3 is 2.70 bits per heavy atom. The first-order chi connectivity index (χ1) is 15.9. The molecule has 3 aromatic rings. The number of piperidine rings is 1. The number of rotatable bonds is 7. The fourth-order valence-corrected chi connectivity index (χ4v) is 6.58. The highest BCUT2D eigenvalue weighted by Crippen LogP contribution is 2.32. The van der Waals surface area contributed by atoms with Crippen LogP contribution in [0.5, 0.6) is 5.75 Å². The van der Waals surface area contributed by atoms with Crippen molar-refractivity contribution in [3.63, 3.8) is 0 Å². The minimum Gasteiger partial charge on any atom is -0.494 e. The highest BCUT2D eigenvalue weighted by atomic mass is 32.2. The predicted molar refractivity (Wildman–Crippen MR) is 126 cm³/mol. The molecule has 11 heteroatoms. The Bertz CT molecular complexity index is 1260. The predicted octanol–water partition coefficient (Wildman–Crippen LogP) is 2.94. The topological polar surface area (TPSA) is 121 Å². The SMILES string of the molecule is CCOc1ccc(NC(=O)C2CCCN(S(=O)(=O)c3ccc(-c4ccc(=O)[nH]n4)s3)C2)cc1. The van der Waals surface area contributed by atoms with Gasteiger partial charge in [-0.3, -0.25) is 9.59 Å². The summed E-state index contributed by atoms with van der Waals surface area (Å²) in [5.74, 6) is 0.0709. The van der Waals surface area contributed by atoms with E-state index in [0.717, 1.165) is 17.1 Å².